The van der Waals surface area contributed by atoms with Crippen molar-refractivity contribution in [1.29, 1.82) is 0 Å². The number of nitrogens with zero attached hydrogens (tertiary/aromatic N) is 2. The number of carbonyl (C=O) groups is 1. The van der Waals surface area contributed by atoms with Gasteiger partial charge in [0.2, 0.25) is 0 Å². The van der Waals surface area contributed by atoms with Crippen LogP contribution in [0.4, 0.5) is 0 Å². The standard InChI is InChI=1S/C21H26N2O3/c1-16(22-12-14-25-15-13-22)17-4-6-18(7-5-17)19-8-9-20(26-19)21(24)23-10-2-3-11-23/h4-9,16H,2-3,10-15H2,1H3/t16-/m1/s1. The third-order valence-electron chi connectivity index (χ3n) is 5.48. The minimum Gasteiger partial charge on any atom is -0.451 e. The lowest BCUT2D eigenvalue weighted by molar-refractivity contribution is 0.0198. The van der Waals surface area contributed by atoms with Crippen LogP contribution in [0.15, 0.2) is 40.8 Å². The lowest BCUT2D eigenvalue weighted by Crippen LogP contribution is -2.37. The van der Waals surface area contributed by atoms with Gasteiger partial charge in [0.1, 0.15) is 5.76 Å². The average molecular weight is 354 g/mol. The molecule has 2 aliphatic heterocycles. The monoisotopic (exact) mass is 354 g/mol. The van der Waals surface area contributed by atoms with Gasteiger partial charge in [-0.1, -0.05) is 24.3 Å². The van der Waals surface area contributed by atoms with Gasteiger partial charge < -0.3 is 14.1 Å². The van der Waals surface area contributed by atoms with Crippen molar-refractivity contribution in [3.63, 3.8) is 0 Å². The molecule has 2 saturated heterocycles. The normalized spacial score (nSPS) is 19.7. The van der Waals surface area contributed by atoms with E-state index >= 15 is 0 Å². The van der Waals surface area contributed by atoms with Gasteiger partial charge >= 0.3 is 0 Å². The van der Waals surface area contributed by atoms with Gasteiger partial charge in [0.25, 0.3) is 5.91 Å². The van der Waals surface area contributed by atoms with E-state index < -0.39 is 0 Å². The lowest BCUT2D eigenvalue weighted by Gasteiger charge is -2.32. The molecule has 3 heterocycles. The van der Waals surface area contributed by atoms with Crippen molar-refractivity contribution < 1.29 is 13.9 Å². The first-order chi connectivity index (χ1) is 12.7. The molecule has 2 aliphatic rings. The van der Waals surface area contributed by atoms with Crippen molar-refractivity contribution in [2.75, 3.05) is 39.4 Å². The maximum absolute atomic E-state index is 12.4. The Kier molecular flexibility index (Phi) is 5.09. The number of rotatable bonds is 4. The fraction of sp³-hybridized carbons (Fsp3) is 0.476. The molecule has 26 heavy (non-hydrogen) atoms. The summed E-state index contributed by atoms with van der Waals surface area (Å²) in [5, 5.41) is 0. The molecule has 1 aromatic carbocycles. The summed E-state index contributed by atoms with van der Waals surface area (Å²) in [7, 11) is 0. The molecule has 0 N–H and O–H groups in total. The topological polar surface area (TPSA) is 45.9 Å². The summed E-state index contributed by atoms with van der Waals surface area (Å²) >= 11 is 0. The number of ether oxygens (including phenoxy) is 1. The number of amides is 1. The first kappa shape index (κ1) is 17.3. The number of likely N-dealkylation sites (tertiary alicyclic amines) is 1. The number of carbonyl (C=O) groups excluding carboxylic acids is 1. The average Bonchev–Trinajstić information content (AvgIpc) is 3.40. The van der Waals surface area contributed by atoms with Crippen molar-refractivity contribution in [2.45, 2.75) is 25.8 Å². The van der Waals surface area contributed by atoms with E-state index in [9.17, 15) is 4.79 Å². The molecule has 0 aliphatic carbocycles. The summed E-state index contributed by atoms with van der Waals surface area (Å²) in [5.41, 5.74) is 2.29. The summed E-state index contributed by atoms with van der Waals surface area (Å²) < 4.78 is 11.3. The Morgan fingerprint density at radius 3 is 2.35 bits per heavy atom. The smallest absolute Gasteiger partial charge is 0.289 e. The van der Waals surface area contributed by atoms with Crippen LogP contribution in [0.25, 0.3) is 11.3 Å². The summed E-state index contributed by atoms with van der Waals surface area (Å²) in [6, 6.07) is 12.5. The van der Waals surface area contributed by atoms with E-state index in [1.54, 1.807) is 6.07 Å². The molecule has 1 atom stereocenters. The van der Waals surface area contributed by atoms with Crippen LogP contribution in [-0.2, 0) is 4.74 Å². The second-order valence-electron chi connectivity index (χ2n) is 7.11. The zero-order valence-corrected chi connectivity index (χ0v) is 15.3. The Morgan fingerprint density at radius 2 is 1.65 bits per heavy atom. The predicted molar refractivity (Wildman–Crippen MR) is 100 cm³/mol. The maximum Gasteiger partial charge on any atom is 0.289 e. The Labute approximate surface area is 154 Å². The third kappa shape index (κ3) is 3.55. The minimum absolute atomic E-state index is 0.00584. The van der Waals surface area contributed by atoms with Crippen LogP contribution in [0, 0.1) is 0 Å². The quantitative estimate of drug-likeness (QED) is 0.842. The third-order valence-corrected chi connectivity index (χ3v) is 5.48. The molecular formula is C21H26N2O3. The highest BCUT2D eigenvalue weighted by molar-refractivity contribution is 5.92. The molecule has 0 spiro atoms. The highest BCUT2D eigenvalue weighted by Gasteiger charge is 2.23. The van der Waals surface area contributed by atoms with Crippen molar-refractivity contribution in [2.24, 2.45) is 0 Å². The molecule has 5 nitrogen and oxygen atoms in total. The molecule has 5 heteroatoms. The number of hydrogen-bond donors (Lipinski definition) is 0. The number of benzene rings is 1. The molecule has 0 saturated carbocycles. The van der Waals surface area contributed by atoms with Crippen LogP contribution in [0.3, 0.4) is 0 Å². The van der Waals surface area contributed by atoms with Gasteiger partial charge in [0.15, 0.2) is 5.76 Å². The largest absolute Gasteiger partial charge is 0.451 e. The fourth-order valence-electron chi connectivity index (χ4n) is 3.79. The zero-order chi connectivity index (χ0) is 17.9. The van der Waals surface area contributed by atoms with Crippen molar-refractivity contribution in [1.82, 2.24) is 9.80 Å². The van der Waals surface area contributed by atoms with Gasteiger partial charge in [-0.15, -0.1) is 0 Å². The van der Waals surface area contributed by atoms with Crippen molar-refractivity contribution in [3.8, 4) is 11.3 Å². The number of hydrogen-bond acceptors (Lipinski definition) is 4. The van der Waals surface area contributed by atoms with Gasteiger partial charge in [0, 0.05) is 37.8 Å². The fourth-order valence-corrected chi connectivity index (χ4v) is 3.79. The molecule has 1 amide bonds. The Hall–Kier alpha value is -2.11. The van der Waals surface area contributed by atoms with Crippen LogP contribution >= 0.6 is 0 Å². The number of furan rings is 1. The van der Waals surface area contributed by atoms with Gasteiger partial charge in [-0.05, 0) is 37.5 Å². The second-order valence-corrected chi connectivity index (χ2v) is 7.11. The Balaban J connectivity index is 1.46. The molecule has 138 valence electrons. The summed E-state index contributed by atoms with van der Waals surface area (Å²) in [6.07, 6.45) is 2.17. The van der Waals surface area contributed by atoms with E-state index in [-0.39, 0.29) is 5.91 Å². The maximum atomic E-state index is 12.4. The number of morpholine rings is 1. The lowest BCUT2D eigenvalue weighted by atomic mass is 10.0. The highest BCUT2D eigenvalue weighted by Crippen LogP contribution is 2.27. The summed E-state index contributed by atoms with van der Waals surface area (Å²) in [5.74, 6) is 1.19. The van der Waals surface area contributed by atoms with E-state index in [1.165, 1.54) is 5.56 Å². The minimum atomic E-state index is 0.00584. The Bertz CT molecular complexity index is 741. The first-order valence-electron chi connectivity index (χ1n) is 9.53. The van der Waals surface area contributed by atoms with Crippen LogP contribution in [0.2, 0.25) is 0 Å². The van der Waals surface area contributed by atoms with Gasteiger partial charge in [0.05, 0.1) is 13.2 Å². The van der Waals surface area contributed by atoms with Crippen LogP contribution < -0.4 is 0 Å². The molecular weight excluding hydrogens is 328 g/mol. The van der Waals surface area contributed by atoms with E-state index in [2.05, 4.69) is 36.1 Å². The van der Waals surface area contributed by atoms with Crippen LogP contribution in [-0.4, -0.2) is 55.1 Å². The van der Waals surface area contributed by atoms with Gasteiger partial charge in [-0.25, -0.2) is 0 Å². The molecule has 0 unspecified atom stereocenters. The van der Waals surface area contributed by atoms with Crippen molar-refractivity contribution in [3.05, 3.63) is 47.7 Å². The van der Waals surface area contributed by atoms with E-state index in [1.807, 2.05) is 11.0 Å². The SMILES string of the molecule is C[C@H](c1ccc(-c2ccc(C(=O)N3CCCC3)o2)cc1)N1CCOCC1. The predicted octanol–water partition coefficient (Wildman–Crippen LogP) is 3.58. The summed E-state index contributed by atoms with van der Waals surface area (Å²) in [6.45, 7) is 7.48. The second kappa shape index (κ2) is 7.64. The van der Waals surface area contributed by atoms with Crippen LogP contribution in [0.1, 0.15) is 41.9 Å². The highest BCUT2D eigenvalue weighted by atomic mass is 16.5. The van der Waals surface area contributed by atoms with Crippen LogP contribution in [0.5, 0.6) is 0 Å². The first-order valence-corrected chi connectivity index (χ1v) is 9.53. The molecule has 0 bridgehead atoms. The molecule has 2 aromatic rings. The van der Waals surface area contributed by atoms with E-state index in [4.69, 9.17) is 9.15 Å². The van der Waals surface area contributed by atoms with Crippen molar-refractivity contribution >= 4 is 5.91 Å². The van der Waals surface area contributed by atoms with Gasteiger partial charge in [-0.2, -0.15) is 0 Å². The molecule has 1 aromatic heterocycles. The molecule has 2 fully saturated rings. The summed E-state index contributed by atoms with van der Waals surface area (Å²) in [4.78, 5) is 16.7. The molecule has 4 rings (SSSR count). The van der Waals surface area contributed by atoms with E-state index in [0.717, 1.165) is 63.6 Å². The molecule has 0 radical (unpaired) electrons. The zero-order valence-electron chi connectivity index (χ0n) is 15.3. The van der Waals surface area contributed by atoms with Gasteiger partial charge in [-0.3, -0.25) is 9.69 Å². The van der Waals surface area contributed by atoms with E-state index in [0.29, 0.717) is 11.8 Å². The Morgan fingerprint density at radius 1 is 0.962 bits per heavy atom.